The number of aliphatic carboxylic acids is 1. The number of aromatic nitrogens is 1. The maximum atomic E-state index is 13.0. The fourth-order valence-corrected chi connectivity index (χ4v) is 4.30. The predicted octanol–water partition coefficient (Wildman–Crippen LogP) is 0.899. The second-order valence-corrected chi connectivity index (χ2v) is 7.05. The topological polar surface area (TPSA) is 84.3 Å². The van der Waals surface area contributed by atoms with E-state index in [4.69, 9.17) is 0 Å². The van der Waals surface area contributed by atoms with Gasteiger partial charge in [0.25, 0.3) is 0 Å². The van der Waals surface area contributed by atoms with Crippen molar-refractivity contribution in [3.8, 4) is 0 Å². The Morgan fingerprint density at radius 1 is 1.53 bits per heavy atom. The highest BCUT2D eigenvalue weighted by atomic mass is 32.2. The summed E-state index contributed by atoms with van der Waals surface area (Å²) in [5.41, 5.74) is 0.469. The molecule has 2 atom stereocenters. The molecule has 0 bridgehead atoms. The molecule has 1 aromatic heterocycles. The number of carboxylic acids is 1. The van der Waals surface area contributed by atoms with E-state index in [9.17, 15) is 22.7 Å². The standard InChI is InChI=1S/C12H14FNO4S/c13-10-3-8(5-14-6-10)4-11(12(15)16)9-1-2-19(17,18)7-9/h3,5-6,9,11H,1-2,4,7H2,(H,15,16). The van der Waals surface area contributed by atoms with Crippen molar-refractivity contribution in [1.29, 1.82) is 0 Å². The van der Waals surface area contributed by atoms with Crippen molar-refractivity contribution in [3.05, 3.63) is 29.8 Å². The van der Waals surface area contributed by atoms with Crippen LogP contribution in [0.15, 0.2) is 18.5 Å². The normalized spacial score (nSPS) is 23.1. The van der Waals surface area contributed by atoms with E-state index in [1.54, 1.807) is 0 Å². The average Bonchev–Trinajstić information content (AvgIpc) is 2.66. The van der Waals surface area contributed by atoms with Crippen LogP contribution in [0.3, 0.4) is 0 Å². The van der Waals surface area contributed by atoms with Crippen LogP contribution >= 0.6 is 0 Å². The molecule has 0 spiro atoms. The first kappa shape index (κ1) is 13.9. The van der Waals surface area contributed by atoms with Gasteiger partial charge in [-0.2, -0.15) is 0 Å². The second kappa shape index (κ2) is 5.24. The molecule has 5 nitrogen and oxygen atoms in total. The molecule has 2 unspecified atom stereocenters. The molecule has 0 aromatic carbocycles. The van der Waals surface area contributed by atoms with E-state index >= 15 is 0 Å². The first-order chi connectivity index (χ1) is 8.87. The van der Waals surface area contributed by atoms with E-state index in [0.717, 1.165) is 6.20 Å². The smallest absolute Gasteiger partial charge is 0.307 e. The molecule has 104 valence electrons. The zero-order valence-corrected chi connectivity index (χ0v) is 10.9. The second-order valence-electron chi connectivity index (χ2n) is 4.82. The van der Waals surface area contributed by atoms with Gasteiger partial charge in [0.05, 0.1) is 23.6 Å². The Labute approximate surface area is 110 Å². The maximum absolute atomic E-state index is 13.0. The van der Waals surface area contributed by atoms with Gasteiger partial charge in [0.15, 0.2) is 9.84 Å². The quantitative estimate of drug-likeness (QED) is 0.889. The van der Waals surface area contributed by atoms with Crippen LogP contribution in [0.25, 0.3) is 0 Å². The number of sulfone groups is 1. The van der Waals surface area contributed by atoms with Crippen LogP contribution in [0.4, 0.5) is 4.39 Å². The van der Waals surface area contributed by atoms with E-state index in [1.807, 2.05) is 0 Å². The molecule has 1 N–H and O–H groups in total. The molecule has 1 aliphatic heterocycles. The Balaban J connectivity index is 2.16. The van der Waals surface area contributed by atoms with Gasteiger partial charge in [0, 0.05) is 6.20 Å². The summed E-state index contributed by atoms with van der Waals surface area (Å²) < 4.78 is 35.8. The molecule has 1 aromatic rings. The highest BCUT2D eigenvalue weighted by molar-refractivity contribution is 7.91. The van der Waals surface area contributed by atoms with Crippen LogP contribution in [0.5, 0.6) is 0 Å². The summed E-state index contributed by atoms with van der Waals surface area (Å²) >= 11 is 0. The Morgan fingerprint density at radius 2 is 2.26 bits per heavy atom. The van der Waals surface area contributed by atoms with Crippen molar-refractivity contribution in [1.82, 2.24) is 4.98 Å². The third kappa shape index (κ3) is 3.50. The van der Waals surface area contributed by atoms with E-state index in [2.05, 4.69) is 4.98 Å². The van der Waals surface area contributed by atoms with E-state index in [-0.39, 0.29) is 17.9 Å². The van der Waals surface area contributed by atoms with Crippen molar-refractivity contribution >= 4 is 15.8 Å². The van der Waals surface area contributed by atoms with Crippen molar-refractivity contribution < 1.29 is 22.7 Å². The van der Waals surface area contributed by atoms with Crippen LogP contribution in [-0.4, -0.2) is 36.0 Å². The molecule has 0 radical (unpaired) electrons. The monoisotopic (exact) mass is 287 g/mol. The van der Waals surface area contributed by atoms with Crippen LogP contribution in [0, 0.1) is 17.7 Å². The lowest BCUT2D eigenvalue weighted by molar-refractivity contribution is -0.143. The maximum Gasteiger partial charge on any atom is 0.307 e. The lowest BCUT2D eigenvalue weighted by atomic mass is 9.87. The van der Waals surface area contributed by atoms with Gasteiger partial charge >= 0.3 is 5.97 Å². The van der Waals surface area contributed by atoms with E-state index < -0.39 is 33.5 Å². The Morgan fingerprint density at radius 3 is 2.79 bits per heavy atom. The van der Waals surface area contributed by atoms with Gasteiger partial charge in [-0.1, -0.05) is 0 Å². The van der Waals surface area contributed by atoms with Gasteiger partial charge in [0.1, 0.15) is 5.82 Å². The van der Waals surface area contributed by atoms with Crippen LogP contribution < -0.4 is 0 Å². The van der Waals surface area contributed by atoms with Crippen molar-refractivity contribution in [2.24, 2.45) is 11.8 Å². The predicted molar refractivity (Wildman–Crippen MR) is 65.8 cm³/mol. The zero-order valence-electron chi connectivity index (χ0n) is 10.1. The molecule has 19 heavy (non-hydrogen) atoms. The molecule has 2 heterocycles. The SMILES string of the molecule is O=C(O)C(Cc1cncc(F)c1)C1CCS(=O)(=O)C1. The summed E-state index contributed by atoms with van der Waals surface area (Å²) in [5, 5.41) is 9.23. The number of nitrogens with zero attached hydrogens (tertiary/aromatic N) is 1. The number of hydrogen-bond acceptors (Lipinski definition) is 4. The number of pyridine rings is 1. The van der Waals surface area contributed by atoms with Gasteiger partial charge in [-0.25, -0.2) is 12.8 Å². The van der Waals surface area contributed by atoms with E-state index in [0.29, 0.717) is 12.0 Å². The first-order valence-corrected chi connectivity index (χ1v) is 7.72. The van der Waals surface area contributed by atoms with Crippen LogP contribution in [0.1, 0.15) is 12.0 Å². The van der Waals surface area contributed by atoms with Crippen molar-refractivity contribution in [2.75, 3.05) is 11.5 Å². The molecule has 7 heteroatoms. The lowest BCUT2D eigenvalue weighted by Crippen LogP contribution is -2.26. The van der Waals surface area contributed by atoms with Gasteiger partial charge in [-0.3, -0.25) is 9.78 Å². The fraction of sp³-hybridized carbons (Fsp3) is 0.500. The fourth-order valence-electron chi connectivity index (χ4n) is 2.42. The molecule has 0 aliphatic carbocycles. The van der Waals surface area contributed by atoms with Gasteiger partial charge in [-0.15, -0.1) is 0 Å². The summed E-state index contributed by atoms with van der Waals surface area (Å²) in [5.74, 6) is -2.88. The van der Waals surface area contributed by atoms with Gasteiger partial charge in [-0.05, 0) is 30.4 Å². The average molecular weight is 287 g/mol. The summed E-state index contributed by atoms with van der Waals surface area (Å²) in [4.78, 5) is 14.9. The number of carbonyl (C=O) groups is 1. The minimum absolute atomic E-state index is 0.0306. The highest BCUT2D eigenvalue weighted by Crippen LogP contribution is 2.28. The minimum atomic E-state index is -3.13. The largest absolute Gasteiger partial charge is 0.481 e. The Kier molecular flexibility index (Phi) is 3.84. The van der Waals surface area contributed by atoms with Crippen molar-refractivity contribution in [2.45, 2.75) is 12.8 Å². The Bertz CT molecular complexity index is 587. The molecule has 1 fully saturated rings. The molecule has 2 rings (SSSR count). The molecular weight excluding hydrogens is 273 g/mol. The zero-order chi connectivity index (χ0) is 14.0. The summed E-state index contributed by atoms with van der Waals surface area (Å²) in [6, 6.07) is 1.23. The number of rotatable bonds is 4. The van der Waals surface area contributed by atoms with Crippen LogP contribution in [0.2, 0.25) is 0 Å². The third-order valence-corrected chi connectivity index (χ3v) is 5.16. The minimum Gasteiger partial charge on any atom is -0.481 e. The lowest BCUT2D eigenvalue weighted by Gasteiger charge is -2.17. The molecular formula is C12H14FNO4S. The van der Waals surface area contributed by atoms with Crippen LogP contribution in [-0.2, 0) is 21.1 Å². The highest BCUT2D eigenvalue weighted by Gasteiger charge is 2.37. The summed E-state index contributed by atoms with van der Waals surface area (Å²) in [6.07, 6.45) is 2.89. The first-order valence-electron chi connectivity index (χ1n) is 5.90. The molecule has 1 aliphatic rings. The Hall–Kier alpha value is -1.50. The number of carboxylic acid groups (broad SMARTS) is 1. The summed E-state index contributed by atoms with van der Waals surface area (Å²) in [6.45, 7) is 0. The number of halogens is 1. The van der Waals surface area contributed by atoms with E-state index in [1.165, 1.54) is 12.3 Å². The summed E-state index contributed by atoms with van der Waals surface area (Å²) in [7, 11) is -3.13. The van der Waals surface area contributed by atoms with Crippen molar-refractivity contribution in [3.63, 3.8) is 0 Å². The third-order valence-electron chi connectivity index (χ3n) is 3.37. The van der Waals surface area contributed by atoms with Gasteiger partial charge < -0.3 is 5.11 Å². The van der Waals surface area contributed by atoms with Gasteiger partial charge in [0.2, 0.25) is 0 Å². The number of hydrogen-bond donors (Lipinski definition) is 1. The molecule has 0 amide bonds. The molecule has 0 saturated carbocycles. The molecule has 1 saturated heterocycles.